The Labute approximate surface area is 150 Å². The van der Waals surface area contributed by atoms with Crippen LogP contribution >= 0.6 is 0 Å². The van der Waals surface area contributed by atoms with Gasteiger partial charge in [0.1, 0.15) is 6.10 Å². The van der Waals surface area contributed by atoms with Crippen molar-refractivity contribution in [2.45, 2.75) is 37.7 Å². The van der Waals surface area contributed by atoms with E-state index in [1.807, 2.05) is 37.3 Å². The Bertz CT molecular complexity index is 536. The molecule has 25 heavy (non-hydrogen) atoms. The number of esters is 1. The molecular weight excluding hydrogens is 318 g/mol. The molecule has 0 aliphatic carbocycles. The Balaban J connectivity index is 1.60. The molecule has 0 amide bonds. The van der Waals surface area contributed by atoms with Gasteiger partial charge in [0.25, 0.3) is 0 Å². The van der Waals surface area contributed by atoms with Gasteiger partial charge in [-0.2, -0.15) is 0 Å². The Morgan fingerprint density at radius 3 is 2.44 bits per heavy atom. The fourth-order valence-corrected chi connectivity index (χ4v) is 3.63. The normalized spacial score (nSPS) is 22.3. The first kappa shape index (κ1) is 18.4. The van der Waals surface area contributed by atoms with Crippen LogP contribution in [0.3, 0.4) is 0 Å². The monoisotopic (exact) mass is 347 g/mol. The number of benzene rings is 1. The lowest BCUT2D eigenvalue weighted by molar-refractivity contribution is -0.160. The molecule has 138 valence electrons. The fraction of sp³-hybridized carbons (Fsp3) is 0.650. The van der Waals surface area contributed by atoms with Gasteiger partial charge in [0.15, 0.2) is 0 Å². The second-order valence-corrected chi connectivity index (χ2v) is 7.02. The first-order valence-corrected chi connectivity index (χ1v) is 9.35. The van der Waals surface area contributed by atoms with Gasteiger partial charge in [-0.25, -0.2) is 0 Å². The number of carbonyl (C=O) groups excluding carboxylic acids is 1. The van der Waals surface area contributed by atoms with Crippen LogP contribution in [0.4, 0.5) is 0 Å². The molecule has 1 unspecified atom stereocenters. The van der Waals surface area contributed by atoms with E-state index in [0.717, 1.165) is 44.8 Å². The highest BCUT2D eigenvalue weighted by atomic mass is 16.5. The standard InChI is InChI=1S/C20H29NO4/c1-17(7-10-21-11-15-24-16-12-21)25-19(22)20(8-13-23-14-9-20)18-5-3-2-4-6-18/h2-6,17H,7-16H2,1H3. The zero-order chi connectivity index (χ0) is 17.5. The Morgan fingerprint density at radius 2 is 1.76 bits per heavy atom. The Hall–Kier alpha value is -1.43. The molecule has 1 atom stereocenters. The molecule has 5 heteroatoms. The van der Waals surface area contributed by atoms with E-state index < -0.39 is 5.41 Å². The van der Waals surface area contributed by atoms with E-state index in [4.69, 9.17) is 14.2 Å². The molecule has 2 heterocycles. The van der Waals surface area contributed by atoms with Crippen molar-refractivity contribution in [1.82, 2.24) is 4.90 Å². The molecule has 2 fully saturated rings. The molecule has 0 bridgehead atoms. The van der Waals surface area contributed by atoms with Gasteiger partial charge in [0.05, 0.1) is 18.6 Å². The molecule has 5 nitrogen and oxygen atoms in total. The van der Waals surface area contributed by atoms with Crippen molar-refractivity contribution < 1.29 is 19.0 Å². The average Bonchev–Trinajstić information content (AvgIpc) is 2.68. The second-order valence-electron chi connectivity index (χ2n) is 7.02. The second kappa shape index (κ2) is 8.79. The first-order chi connectivity index (χ1) is 12.2. The average molecular weight is 347 g/mol. The maximum absolute atomic E-state index is 13.1. The zero-order valence-corrected chi connectivity index (χ0v) is 15.1. The lowest BCUT2D eigenvalue weighted by Gasteiger charge is -2.36. The number of ether oxygens (including phenoxy) is 3. The van der Waals surface area contributed by atoms with E-state index in [2.05, 4.69) is 4.90 Å². The predicted octanol–water partition coefficient (Wildman–Crippen LogP) is 2.39. The summed E-state index contributed by atoms with van der Waals surface area (Å²) in [6.45, 7) is 7.67. The number of hydrogen-bond acceptors (Lipinski definition) is 5. The molecule has 2 aliphatic heterocycles. The van der Waals surface area contributed by atoms with Gasteiger partial charge >= 0.3 is 5.97 Å². The molecule has 0 spiro atoms. The fourth-order valence-electron chi connectivity index (χ4n) is 3.63. The summed E-state index contributed by atoms with van der Waals surface area (Å²) >= 11 is 0. The molecule has 0 saturated carbocycles. The summed E-state index contributed by atoms with van der Waals surface area (Å²) in [6.07, 6.45) is 2.14. The van der Waals surface area contributed by atoms with Crippen LogP contribution in [0, 0.1) is 0 Å². The topological polar surface area (TPSA) is 48.0 Å². The summed E-state index contributed by atoms with van der Waals surface area (Å²) in [6, 6.07) is 10.0. The summed E-state index contributed by atoms with van der Waals surface area (Å²) in [5.74, 6) is -0.100. The molecule has 0 aromatic heterocycles. The van der Waals surface area contributed by atoms with Crippen LogP contribution in [0.5, 0.6) is 0 Å². The molecule has 0 radical (unpaired) electrons. The molecule has 2 saturated heterocycles. The first-order valence-electron chi connectivity index (χ1n) is 9.35. The van der Waals surface area contributed by atoms with Crippen molar-refractivity contribution in [2.75, 3.05) is 46.1 Å². The van der Waals surface area contributed by atoms with Crippen LogP contribution in [0.1, 0.15) is 31.7 Å². The van der Waals surface area contributed by atoms with Crippen LogP contribution in [0.15, 0.2) is 30.3 Å². The minimum Gasteiger partial charge on any atom is -0.462 e. The third kappa shape index (κ3) is 4.60. The summed E-state index contributed by atoms with van der Waals surface area (Å²) in [5.41, 5.74) is 0.482. The molecule has 0 N–H and O–H groups in total. The van der Waals surface area contributed by atoms with Crippen molar-refractivity contribution >= 4 is 5.97 Å². The van der Waals surface area contributed by atoms with E-state index in [1.54, 1.807) is 0 Å². The summed E-state index contributed by atoms with van der Waals surface area (Å²) in [5, 5.41) is 0. The quantitative estimate of drug-likeness (QED) is 0.740. The lowest BCUT2D eigenvalue weighted by atomic mass is 9.74. The smallest absolute Gasteiger partial charge is 0.317 e. The summed E-state index contributed by atoms with van der Waals surface area (Å²) < 4.78 is 16.8. The number of carbonyl (C=O) groups is 1. The van der Waals surface area contributed by atoms with Crippen LogP contribution in [-0.4, -0.2) is 63.0 Å². The number of morpholine rings is 1. The maximum atomic E-state index is 13.1. The third-order valence-corrected chi connectivity index (χ3v) is 5.33. The van der Waals surface area contributed by atoms with Crippen molar-refractivity contribution in [3.63, 3.8) is 0 Å². The molecule has 3 rings (SSSR count). The van der Waals surface area contributed by atoms with Crippen LogP contribution in [-0.2, 0) is 24.4 Å². The molecular formula is C20H29NO4. The van der Waals surface area contributed by atoms with Gasteiger partial charge in [-0.1, -0.05) is 30.3 Å². The highest BCUT2D eigenvalue weighted by Crippen LogP contribution is 2.36. The largest absolute Gasteiger partial charge is 0.462 e. The van der Waals surface area contributed by atoms with E-state index in [9.17, 15) is 4.79 Å². The van der Waals surface area contributed by atoms with Crippen molar-refractivity contribution in [1.29, 1.82) is 0 Å². The predicted molar refractivity (Wildman–Crippen MR) is 95.6 cm³/mol. The highest BCUT2D eigenvalue weighted by Gasteiger charge is 2.43. The van der Waals surface area contributed by atoms with Gasteiger partial charge in [-0.15, -0.1) is 0 Å². The highest BCUT2D eigenvalue weighted by molar-refractivity contribution is 5.83. The van der Waals surface area contributed by atoms with Gasteiger partial charge in [-0.3, -0.25) is 9.69 Å². The number of hydrogen-bond donors (Lipinski definition) is 0. The zero-order valence-electron chi connectivity index (χ0n) is 15.1. The van der Waals surface area contributed by atoms with Gasteiger partial charge < -0.3 is 14.2 Å². The minimum absolute atomic E-state index is 0.0845. The van der Waals surface area contributed by atoms with Gasteiger partial charge in [0.2, 0.25) is 0 Å². The number of rotatable bonds is 6. The molecule has 1 aromatic rings. The van der Waals surface area contributed by atoms with E-state index in [-0.39, 0.29) is 12.1 Å². The van der Waals surface area contributed by atoms with E-state index in [1.165, 1.54) is 0 Å². The van der Waals surface area contributed by atoms with Crippen LogP contribution in [0.2, 0.25) is 0 Å². The Kier molecular flexibility index (Phi) is 6.45. The van der Waals surface area contributed by atoms with Crippen LogP contribution < -0.4 is 0 Å². The molecule has 1 aromatic carbocycles. The Morgan fingerprint density at radius 1 is 1.12 bits per heavy atom. The number of nitrogens with zero attached hydrogens (tertiary/aromatic N) is 1. The lowest BCUT2D eigenvalue weighted by Crippen LogP contribution is -2.44. The third-order valence-electron chi connectivity index (χ3n) is 5.33. The maximum Gasteiger partial charge on any atom is 0.317 e. The summed E-state index contributed by atoms with van der Waals surface area (Å²) in [4.78, 5) is 15.4. The van der Waals surface area contributed by atoms with Gasteiger partial charge in [-0.05, 0) is 31.7 Å². The minimum atomic E-state index is -0.563. The van der Waals surface area contributed by atoms with Crippen molar-refractivity contribution in [3.05, 3.63) is 35.9 Å². The SMILES string of the molecule is CC(CCN1CCOCC1)OC(=O)C1(c2ccccc2)CCOCC1. The van der Waals surface area contributed by atoms with E-state index >= 15 is 0 Å². The van der Waals surface area contributed by atoms with Gasteiger partial charge in [0, 0.05) is 32.8 Å². The van der Waals surface area contributed by atoms with Crippen molar-refractivity contribution in [2.24, 2.45) is 0 Å². The summed E-state index contributed by atoms with van der Waals surface area (Å²) in [7, 11) is 0. The van der Waals surface area contributed by atoms with Crippen LogP contribution in [0.25, 0.3) is 0 Å². The van der Waals surface area contributed by atoms with E-state index in [0.29, 0.717) is 26.1 Å². The van der Waals surface area contributed by atoms with Crippen molar-refractivity contribution in [3.8, 4) is 0 Å². The molecule has 2 aliphatic rings.